The fraction of sp³-hybridized carbons (Fsp3) is 0.250. The maximum absolute atomic E-state index is 14.3. The lowest BCUT2D eigenvalue weighted by atomic mass is 10.1. The van der Waals surface area contributed by atoms with Crippen LogP contribution in [0.3, 0.4) is 0 Å². The molecule has 6 nitrogen and oxygen atoms in total. The van der Waals surface area contributed by atoms with Crippen LogP contribution in [0.25, 0.3) is 6.08 Å². The van der Waals surface area contributed by atoms with Gasteiger partial charge in [0.05, 0.1) is 13.2 Å². The molecule has 3 aromatic rings. The number of nitrogen functional groups attached to an aromatic ring is 2. The molecule has 0 aliphatic rings. The molecule has 0 bridgehead atoms. The monoisotopic (exact) mass is 532 g/mol. The first kappa shape index (κ1) is 28.4. The van der Waals surface area contributed by atoms with Crippen LogP contribution in [0.5, 0.6) is 11.5 Å². The molecule has 38 heavy (non-hydrogen) atoms. The van der Waals surface area contributed by atoms with E-state index in [1.54, 1.807) is 48.5 Å². The third kappa shape index (κ3) is 9.68. The molecule has 0 atom stereocenters. The van der Waals surface area contributed by atoms with Crippen molar-refractivity contribution in [3.63, 3.8) is 0 Å². The number of alkyl halides is 3. The molecular weight excluding hydrogens is 504 g/mol. The summed E-state index contributed by atoms with van der Waals surface area (Å²) in [4.78, 5) is 12.0. The Bertz CT molecular complexity index is 1240. The van der Waals surface area contributed by atoms with Crippen molar-refractivity contribution in [2.45, 2.75) is 32.0 Å². The first-order valence-electron chi connectivity index (χ1n) is 11.8. The summed E-state index contributed by atoms with van der Waals surface area (Å²) in [6, 6.07) is 16.0. The largest absolute Gasteiger partial charge is 0.493 e. The summed E-state index contributed by atoms with van der Waals surface area (Å²) >= 11 is 0. The van der Waals surface area contributed by atoms with Gasteiger partial charge in [0.2, 0.25) is 0 Å². The Morgan fingerprint density at radius 3 is 2.26 bits per heavy atom. The highest BCUT2D eigenvalue weighted by atomic mass is 19.4. The molecule has 0 aliphatic heterocycles. The number of benzene rings is 3. The molecular formula is C28H28F4N2O4. The van der Waals surface area contributed by atoms with E-state index in [-0.39, 0.29) is 37.6 Å². The van der Waals surface area contributed by atoms with E-state index < -0.39 is 24.4 Å². The number of ether oxygens (including phenoxy) is 3. The van der Waals surface area contributed by atoms with Crippen molar-refractivity contribution in [3.8, 4) is 11.5 Å². The van der Waals surface area contributed by atoms with Crippen LogP contribution in [-0.4, -0.2) is 25.4 Å². The minimum Gasteiger partial charge on any atom is -0.493 e. The van der Waals surface area contributed by atoms with Crippen LogP contribution in [0.15, 0.2) is 66.7 Å². The van der Waals surface area contributed by atoms with Gasteiger partial charge in [-0.05, 0) is 60.0 Å². The molecule has 0 heterocycles. The predicted molar refractivity (Wildman–Crippen MR) is 137 cm³/mol. The van der Waals surface area contributed by atoms with Crippen LogP contribution in [0.1, 0.15) is 29.5 Å². The predicted octanol–water partition coefficient (Wildman–Crippen LogP) is 6.09. The standard InChI is InChI=1S/C28H28F4N2O4/c29-25-17-24(36-14-1-13-28(30,31)32)10-6-21(25)18-38-23-8-2-19(3-9-23)4-11-27(35)37-15-12-20-5-7-22(33)16-26(20)34/h2-11,16-17H,1,12-15,18,33-34H2/b11-4+. The van der Waals surface area contributed by atoms with Gasteiger partial charge < -0.3 is 25.7 Å². The zero-order chi connectivity index (χ0) is 27.5. The fourth-order valence-electron chi connectivity index (χ4n) is 3.35. The number of carbonyl (C=O) groups excluding carboxylic acids is 1. The van der Waals surface area contributed by atoms with Crippen LogP contribution in [0, 0.1) is 5.82 Å². The molecule has 10 heteroatoms. The highest BCUT2D eigenvalue weighted by Crippen LogP contribution is 2.23. The lowest BCUT2D eigenvalue weighted by Crippen LogP contribution is -2.09. The Morgan fingerprint density at radius 2 is 1.58 bits per heavy atom. The zero-order valence-corrected chi connectivity index (χ0v) is 20.5. The minimum absolute atomic E-state index is 0.0553. The Morgan fingerprint density at radius 1 is 0.868 bits per heavy atom. The summed E-state index contributed by atoms with van der Waals surface area (Å²) in [5.74, 6) is -0.451. The molecule has 0 saturated heterocycles. The molecule has 0 aliphatic carbocycles. The summed E-state index contributed by atoms with van der Waals surface area (Å²) in [6.07, 6.45) is -2.04. The molecule has 0 fully saturated rings. The van der Waals surface area contributed by atoms with E-state index in [4.69, 9.17) is 25.7 Å². The van der Waals surface area contributed by atoms with Crippen LogP contribution in [0.2, 0.25) is 0 Å². The number of carbonyl (C=O) groups is 1. The molecule has 0 spiro atoms. The van der Waals surface area contributed by atoms with Gasteiger partial charge in [-0.1, -0.05) is 18.2 Å². The van der Waals surface area contributed by atoms with Crippen molar-refractivity contribution in [1.29, 1.82) is 0 Å². The lowest BCUT2D eigenvalue weighted by Gasteiger charge is -2.11. The summed E-state index contributed by atoms with van der Waals surface area (Å²) in [6.45, 7) is -0.0436. The van der Waals surface area contributed by atoms with E-state index in [0.717, 1.165) is 17.2 Å². The second-order valence-corrected chi connectivity index (χ2v) is 8.39. The van der Waals surface area contributed by atoms with Gasteiger partial charge in [-0.3, -0.25) is 0 Å². The molecule has 0 amide bonds. The number of hydrogen-bond donors (Lipinski definition) is 2. The number of esters is 1. The van der Waals surface area contributed by atoms with Crippen LogP contribution >= 0.6 is 0 Å². The molecule has 0 aromatic heterocycles. The summed E-state index contributed by atoms with van der Waals surface area (Å²) in [5, 5.41) is 0. The second-order valence-electron chi connectivity index (χ2n) is 8.39. The number of anilines is 2. The van der Waals surface area contributed by atoms with Crippen LogP contribution in [0.4, 0.5) is 28.9 Å². The quantitative estimate of drug-likeness (QED) is 0.0964. The van der Waals surface area contributed by atoms with Crippen molar-refractivity contribution in [2.75, 3.05) is 24.7 Å². The van der Waals surface area contributed by atoms with Crippen LogP contribution < -0.4 is 20.9 Å². The van der Waals surface area contributed by atoms with Crippen molar-refractivity contribution >= 4 is 23.4 Å². The Hall–Kier alpha value is -4.21. The maximum Gasteiger partial charge on any atom is 0.389 e. The molecule has 0 saturated carbocycles. The number of nitrogens with two attached hydrogens (primary N) is 2. The van der Waals surface area contributed by atoms with E-state index in [0.29, 0.717) is 23.5 Å². The smallest absolute Gasteiger partial charge is 0.389 e. The van der Waals surface area contributed by atoms with Gasteiger partial charge in [0, 0.05) is 41.9 Å². The zero-order valence-electron chi connectivity index (χ0n) is 20.5. The number of hydrogen-bond acceptors (Lipinski definition) is 6. The van der Waals surface area contributed by atoms with Gasteiger partial charge in [0.25, 0.3) is 0 Å². The molecule has 3 rings (SSSR count). The molecule has 0 radical (unpaired) electrons. The van der Waals surface area contributed by atoms with Gasteiger partial charge in [0.15, 0.2) is 0 Å². The highest BCUT2D eigenvalue weighted by Gasteiger charge is 2.26. The van der Waals surface area contributed by atoms with Gasteiger partial charge in [-0.2, -0.15) is 13.2 Å². The van der Waals surface area contributed by atoms with Crippen molar-refractivity contribution in [2.24, 2.45) is 0 Å². The van der Waals surface area contributed by atoms with Crippen molar-refractivity contribution in [3.05, 3.63) is 89.2 Å². The Kier molecular flexibility index (Phi) is 9.98. The topological polar surface area (TPSA) is 96.8 Å². The molecule has 0 unspecified atom stereocenters. The molecule has 3 aromatic carbocycles. The van der Waals surface area contributed by atoms with Crippen molar-refractivity contribution < 1.29 is 36.6 Å². The SMILES string of the molecule is Nc1ccc(CCOC(=O)/C=C/c2ccc(OCc3ccc(OCCCC(F)(F)F)cc3F)cc2)c(N)c1. The average molecular weight is 533 g/mol. The first-order valence-corrected chi connectivity index (χ1v) is 11.8. The number of halogens is 4. The van der Waals surface area contributed by atoms with Gasteiger partial charge in [-0.15, -0.1) is 0 Å². The highest BCUT2D eigenvalue weighted by molar-refractivity contribution is 5.87. The third-order valence-corrected chi connectivity index (χ3v) is 5.37. The minimum atomic E-state index is -4.25. The summed E-state index contributed by atoms with van der Waals surface area (Å²) in [7, 11) is 0. The third-order valence-electron chi connectivity index (χ3n) is 5.37. The van der Waals surface area contributed by atoms with Gasteiger partial charge in [-0.25, -0.2) is 9.18 Å². The van der Waals surface area contributed by atoms with Gasteiger partial charge >= 0.3 is 12.1 Å². The lowest BCUT2D eigenvalue weighted by molar-refractivity contribution is -0.138. The van der Waals surface area contributed by atoms with Crippen LogP contribution in [-0.2, 0) is 22.6 Å². The van der Waals surface area contributed by atoms with E-state index in [1.165, 1.54) is 18.2 Å². The molecule has 4 N–H and O–H groups in total. The van der Waals surface area contributed by atoms with E-state index in [2.05, 4.69) is 0 Å². The summed E-state index contributed by atoms with van der Waals surface area (Å²) in [5.41, 5.74) is 14.5. The Labute approximate surface area is 217 Å². The first-order chi connectivity index (χ1) is 18.1. The van der Waals surface area contributed by atoms with E-state index in [1.807, 2.05) is 0 Å². The fourth-order valence-corrected chi connectivity index (χ4v) is 3.35. The van der Waals surface area contributed by atoms with Crippen molar-refractivity contribution in [1.82, 2.24) is 0 Å². The van der Waals surface area contributed by atoms with Gasteiger partial charge in [0.1, 0.15) is 23.9 Å². The van der Waals surface area contributed by atoms with E-state index >= 15 is 0 Å². The average Bonchev–Trinajstić information content (AvgIpc) is 2.86. The maximum atomic E-state index is 14.3. The second kappa shape index (κ2) is 13.4. The summed E-state index contributed by atoms with van der Waals surface area (Å²) < 4.78 is 66.8. The normalized spacial score (nSPS) is 11.5. The number of rotatable bonds is 12. The molecule has 202 valence electrons. The van der Waals surface area contributed by atoms with E-state index in [9.17, 15) is 22.4 Å². The Balaban J connectivity index is 1.41.